The Balaban J connectivity index is 1.59. The summed E-state index contributed by atoms with van der Waals surface area (Å²) in [5.74, 6) is 1.84. The first-order valence-electron chi connectivity index (χ1n) is 7.74. The fourth-order valence-electron chi connectivity index (χ4n) is 3.16. The topological polar surface area (TPSA) is 68.8 Å². The highest BCUT2D eigenvalue weighted by Crippen LogP contribution is 2.21. The predicted octanol–water partition coefficient (Wildman–Crippen LogP) is 1.54. The van der Waals surface area contributed by atoms with Gasteiger partial charge in [0, 0.05) is 13.1 Å². The van der Waals surface area contributed by atoms with Gasteiger partial charge in [0.25, 0.3) is 0 Å². The highest BCUT2D eigenvalue weighted by atomic mass is 16.2. The van der Waals surface area contributed by atoms with E-state index in [1.165, 1.54) is 0 Å². The van der Waals surface area contributed by atoms with E-state index in [1.807, 2.05) is 47.6 Å². The van der Waals surface area contributed by atoms with Crippen LogP contribution in [0, 0.1) is 6.92 Å². The van der Waals surface area contributed by atoms with Gasteiger partial charge < -0.3 is 14.0 Å². The number of carbonyl (C=O) groups excluding carboxylic acids is 1. The first-order chi connectivity index (χ1) is 11.1. The van der Waals surface area contributed by atoms with Crippen LogP contribution in [0.1, 0.15) is 24.6 Å². The zero-order valence-electron chi connectivity index (χ0n) is 13.2. The Morgan fingerprint density at radius 1 is 1.22 bits per heavy atom. The summed E-state index contributed by atoms with van der Waals surface area (Å²) in [4.78, 5) is 19.1. The lowest BCUT2D eigenvalue weighted by molar-refractivity contribution is -0.135. The lowest BCUT2D eigenvalue weighted by atomic mass is 10.2. The molecule has 0 saturated carbocycles. The summed E-state index contributed by atoms with van der Waals surface area (Å²) >= 11 is 0. The third-order valence-electron chi connectivity index (χ3n) is 4.51. The molecule has 1 aliphatic heterocycles. The van der Waals surface area contributed by atoms with Gasteiger partial charge in [-0.15, -0.1) is 10.2 Å². The fraction of sp³-hybridized carbons (Fsp3) is 0.375. The van der Waals surface area contributed by atoms with Crippen molar-refractivity contribution in [3.63, 3.8) is 0 Å². The summed E-state index contributed by atoms with van der Waals surface area (Å²) in [7, 11) is 0. The number of imidazole rings is 1. The van der Waals surface area contributed by atoms with Crippen molar-refractivity contribution >= 4 is 16.9 Å². The molecule has 1 atom stereocenters. The van der Waals surface area contributed by atoms with Crippen LogP contribution in [0.5, 0.6) is 0 Å². The Hall–Kier alpha value is -2.70. The van der Waals surface area contributed by atoms with Gasteiger partial charge >= 0.3 is 0 Å². The molecule has 7 nitrogen and oxygen atoms in total. The summed E-state index contributed by atoms with van der Waals surface area (Å²) in [5.41, 5.74) is 1.88. The molecule has 0 saturated heterocycles. The number of hydrogen-bond donors (Lipinski definition) is 0. The number of benzene rings is 1. The second-order valence-electron chi connectivity index (χ2n) is 5.89. The molecule has 3 heterocycles. The first-order valence-corrected chi connectivity index (χ1v) is 7.74. The van der Waals surface area contributed by atoms with Crippen molar-refractivity contribution in [1.82, 2.24) is 29.2 Å². The lowest BCUT2D eigenvalue weighted by Gasteiger charge is -2.30. The summed E-state index contributed by atoms with van der Waals surface area (Å²) in [6.07, 6.45) is 1.74. The van der Waals surface area contributed by atoms with Gasteiger partial charge in [-0.05, 0) is 26.0 Å². The quantitative estimate of drug-likeness (QED) is 0.720. The van der Waals surface area contributed by atoms with Gasteiger partial charge in [0.15, 0.2) is 5.82 Å². The standard InChI is InChI=1S/C16H18N6O/c1-11(22-10-17-13-5-3-4-6-14(13)22)16(23)20-7-8-21-12(2)18-19-15(21)9-20/h3-6,10-11H,7-9H2,1-2H3/t11-/m0/s1. The van der Waals surface area contributed by atoms with Crippen molar-refractivity contribution < 1.29 is 4.79 Å². The number of aromatic nitrogens is 5. The minimum absolute atomic E-state index is 0.0834. The Bertz CT molecular complexity index is 880. The number of nitrogens with zero attached hydrogens (tertiary/aromatic N) is 6. The lowest BCUT2D eigenvalue weighted by Crippen LogP contribution is -2.41. The highest BCUT2D eigenvalue weighted by molar-refractivity contribution is 5.83. The summed E-state index contributed by atoms with van der Waals surface area (Å²) in [6, 6.07) is 7.56. The van der Waals surface area contributed by atoms with E-state index in [0.717, 1.165) is 29.2 Å². The Morgan fingerprint density at radius 3 is 2.91 bits per heavy atom. The monoisotopic (exact) mass is 310 g/mol. The molecule has 1 amide bonds. The molecule has 2 aromatic heterocycles. The molecule has 1 aromatic carbocycles. The van der Waals surface area contributed by atoms with E-state index in [0.29, 0.717) is 13.1 Å². The third kappa shape index (κ3) is 2.19. The maximum absolute atomic E-state index is 12.9. The molecule has 0 radical (unpaired) electrons. The molecule has 0 N–H and O–H groups in total. The molecule has 0 aliphatic carbocycles. The molecule has 4 rings (SSSR count). The van der Waals surface area contributed by atoms with Crippen molar-refractivity contribution in [2.24, 2.45) is 0 Å². The first kappa shape index (κ1) is 13.9. The zero-order chi connectivity index (χ0) is 16.0. The van der Waals surface area contributed by atoms with Crippen molar-refractivity contribution in [2.45, 2.75) is 33.0 Å². The van der Waals surface area contributed by atoms with Crippen LogP contribution in [0.3, 0.4) is 0 Å². The number of para-hydroxylation sites is 2. The fourth-order valence-corrected chi connectivity index (χ4v) is 3.16. The third-order valence-corrected chi connectivity index (χ3v) is 4.51. The number of hydrogen-bond acceptors (Lipinski definition) is 4. The van der Waals surface area contributed by atoms with Crippen LogP contribution in [0.15, 0.2) is 30.6 Å². The Labute approximate surface area is 133 Å². The molecular weight excluding hydrogens is 292 g/mol. The number of fused-ring (bicyclic) bond motifs is 2. The second-order valence-corrected chi connectivity index (χ2v) is 5.89. The highest BCUT2D eigenvalue weighted by Gasteiger charge is 2.28. The van der Waals surface area contributed by atoms with Crippen molar-refractivity contribution in [3.05, 3.63) is 42.2 Å². The summed E-state index contributed by atoms with van der Waals surface area (Å²) in [6.45, 7) is 5.80. The van der Waals surface area contributed by atoms with E-state index in [4.69, 9.17) is 0 Å². The van der Waals surface area contributed by atoms with Crippen LogP contribution in [0.4, 0.5) is 0 Å². The van der Waals surface area contributed by atoms with E-state index < -0.39 is 0 Å². The van der Waals surface area contributed by atoms with Crippen LogP contribution < -0.4 is 0 Å². The molecule has 23 heavy (non-hydrogen) atoms. The molecule has 0 spiro atoms. The van der Waals surface area contributed by atoms with Crippen LogP contribution in [-0.2, 0) is 17.9 Å². The Morgan fingerprint density at radius 2 is 2.04 bits per heavy atom. The van der Waals surface area contributed by atoms with E-state index >= 15 is 0 Å². The van der Waals surface area contributed by atoms with Gasteiger partial charge in [-0.2, -0.15) is 0 Å². The van der Waals surface area contributed by atoms with Crippen molar-refractivity contribution in [1.29, 1.82) is 0 Å². The molecule has 7 heteroatoms. The van der Waals surface area contributed by atoms with Crippen molar-refractivity contribution in [3.8, 4) is 0 Å². The van der Waals surface area contributed by atoms with Gasteiger partial charge in [0.1, 0.15) is 11.9 Å². The van der Waals surface area contributed by atoms with Gasteiger partial charge in [-0.25, -0.2) is 4.98 Å². The van der Waals surface area contributed by atoms with E-state index in [9.17, 15) is 4.79 Å². The Kier molecular flexibility index (Phi) is 3.14. The predicted molar refractivity (Wildman–Crippen MR) is 84.6 cm³/mol. The maximum atomic E-state index is 12.9. The maximum Gasteiger partial charge on any atom is 0.245 e. The second kappa shape index (κ2) is 5.19. The van der Waals surface area contributed by atoms with Gasteiger partial charge in [-0.3, -0.25) is 4.79 Å². The number of aryl methyl sites for hydroxylation is 1. The summed E-state index contributed by atoms with van der Waals surface area (Å²) < 4.78 is 4.00. The van der Waals surface area contributed by atoms with E-state index in [2.05, 4.69) is 19.7 Å². The number of amides is 1. The minimum atomic E-state index is -0.294. The van der Waals surface area contributed by atoms with Gasteiger partial charge in [0.05, 0.1) is 23.9 Å². The number of carbonyl (C=O) groups is 1. The van der Waals surface area contributed by atoms with Gasteiger partial charge in [-0.1, -0.05) is 12.1 Å². The summed E-state index contributed by atoms with van der Waals surface area (Å²) in [5, 5.41) is 8.25. The molecule has 0 bridgehead atoms. The average molecular weight is 310 g/mol. The van der Waals surface area contributed by atoms with E-state index in [-0.39, 0.29) is 11.9 Å². The van der Waals surface area contributed by atoms with Crippen molar-refractivity contribution in [2.75, 3.05) is 6.54 Å². The number of rotatable bonds is 2. The smallest absolute Gasteiger partial charge is 0.245 e. The molecule has 3 aromatic rings. The van der Waals surface area contributed by atoms with E-state index in [1.54, 1.807) is 6.33 Å². The normalized spacial score (nSPS) is 15.7. The van der Waals surface area contributed by atoms with Gasteiger partial charge in [0.2, 0.25) is 5.91 Å². The zero-order valence-corrected chi connectivity index (χ0v) is 13.2. The van der Waals surface area contributed by atoms with Crippen LogP contribution in [0.2, 0.25) is 0 Å². The molecule has 1 aliphatic rings. The largest absolute Gasteiger partial charge is 0.332 e. The SMILES string of the molecule is Cc1nnc2n1CCN(C(=O)[C@H](C)n1cnc3ccccc31)C2. The average Bonchev–Trinajstić information content (AvgIpc) is 3.17. The molecule has 0 unspecified atom stereocenters. The minimum Gasteiger partial charge on any atom is -0.332 e. The van der Waals surface area contributed by atoms with Crippen LogP contribution in [0.25, 0.3) is 11.0 Å². The molecule has 118 valence electrons. The van der Waals surface area contributed by atoms with Crippen LogP contribution in [-0.4, -0.2) is 41.7 Å². The molecular formula is C16H18N6O. The molecule has 0 fully saturated rings. The van der Waals surface area contributed by atoms with Crippen LogP contribution >= 0.6 is 0 Å².